The van der Waals surface area contributed by atoms with Crippen LogP contribution in [-0.4, -0.2) is 0 Å². The molecule has 0 saturated heterocycles. The van der Waals surface area contributed by atoms with Gasteiger partial charge in [0.2, 0.25) is 0 Å². The first-order valence-corrected chi connectivity index (χ1v) is 6.87. The molecule has 2 aromatic rings. The van der Waals surface area contributed by atoms with E-state index in [1.165, 1.54) is 0 Å². The zero-order valence-corrected chi connectivity index (χ0v) is 12.2. The lowest BCUT2D eigenvalue weighted by Gasteiger charge is -2.12. The molecule has 19 heavy (non-hydrogen) atoms. The van der Waals surface area contributed by atoms with Gasteiger partial charge in [0, 0.05) is 11.4 Å². The van der Waals surface area contributed by atoms with Crippen molar-refractivity contribution >= 4 is 11.6 Å². The number of rotatable bonds is 3. The Kier molecular flexibility index (Phi) is 4.11. The average Bonchev–Trinajstić information content (AvgIpc) is 2.38. The number of hydrogen-bond acceptors (Lipinski definition) is 2. The minimum atomic E-state index is -0.284. The average molecular weight is 277 g/mol. The highest BCUT2D eigenvalue weighted by molar-refractivity contribution is 6.30. The van der Waals surface area contributed by atoms with Crippen molar-refractivity contribution in [2.75, 3.05) is 0 Å². The van der Waals surface area contributed by atoms with E-state index in [1.54, 1.807) is 12.1 Å². The van der Waals surface area contributed by atoms with Crippen molar-refractivity contribution in [3.05, 3.63) is 56.6 Å². The van der Waals surface area contributed by atoms with Gasteiger partial charge in [-0.3, -0.25) is 0 Å². The molecule has 0 bridgehead atoms. The molecule has 2 nitrogen and oxygen atoms in total. The fourth-order valence-electron chi connectivity index (χ4n) is 2.46. The zero-order chi connectivity index (χ0) is 14.0. The molecular weight excluding hydrogens is 260 g/mol. The topological polar surface area (TPSA) is 30.2 Å². The van der Waals surface area contributed by atoms with Gasteiger partial charge in [-0.1, -0.05) is 37.6 Å². The lowest BCUT2D eigenvalue weighted by atomic mass is 9.96. The van der Waals surface area contributed by atoms with Gasteiger partial charge in [0.1, 0.15) is 5.76 Å². The van der Waals surface area contributed by atoms with Crippen molar-refractivity contribution in [3.8, 4) is 11.1 Å². The summed E-state index contributed by atoms with van der Waals surface area (Å²) in [6, 6.07) is 7.32. The molecule has 2 rings (SSSR count). The van der Waals surface area contributed by atoms with Crippen LogP contribution in [0.1, 0.15) is 30.7 Å². The maximum Gasteiger partial charge on any atom is 0.344 e. The quantitative estimate of drug-likeness (QED) is 0.832. The molecule has 1 heterocycles. The third-order valence-electron chi connectivity index (χ3n) is 3.37. The highest BCUT2D eigenvalue weighted by Crippen LogP contribution is 2.27. The van der Waals surface area contributed by atoms with E-state index >= 15 is 0 Å². The second kappa shape index (κ2) is 5.62. The number of benzene rings is 1. The summed E-state index contributed by atoms with van der Waals surface area (Å²) < 4.78 is 5.46. The molecule has 0 radical (unpaired) electrons. The fraction of sp³-hybridized carbons (Fsp3) is 0.312. The summed E-state index contributed by atoms with van der Waals surface area (Å²) in [5, 5.41) is 0.619. The maximum atomic E-state index is 12.2. The molecule has 0 fully saturated rings. The summed E-state index contributed by atoms with van der Waals surface area (Å²) in [7, 11) is 0. The molecule has 1 aromatic heterocycles. The number of halogens is 1. The van der Waals surface area contributed by atoms with Crippen molar-refractivity contribution in [2.45, 2.75) is 33.6 Å². The van der Waals surface area contributed by atoms with E-state index in [9.17, 15) is 4.79 Å². The second-order valence-corrected chi connectivity index (χ2v) is 4.95. The Morgan fingerprint density at radius 3 is 2.53 bits per heavy atom. The van der Waals surface area contributed by atoms with Crippen molar-refractivity contribution in [3.63, 3.8) is 0 Å². The van der Waals surface area contributed by atoms with E-state index < -0.39 is 0 Å². The van der Waals surface area contributed by atoms with Crippen molar-refractivity contribution in [1.82, 2.24) is 0 Å². The van der Waals surface area contributed by atoms with Gasteiger partial charge < -0.3 is 4.42 Å². The third kappa shape index (κ3) is 2.59. The lowest BCUT2D eigenvalue weighted by molar-refractivity contribution is 0.458. The van der Waals surface area contributed by atoms with Crippen LogP contribution < -0.4 is 5.63 Å². The zero-order valence-electron chi connectivity index (χ0n) is 11.4. The second-order valence-electron chi connectivity index (χ2n) is 4.51. The first-order valence-electron chi connectivity index (χ1n) is 6.49. The SMILES string of the molecule is CCc1oc(=O)c(-c2cccc(Cl)c2)c(C)c1CC. The van der Waals surface area contributed by atoms with Crippen LogP contribution in [0, 0.1) is 6.92 Å². The largest absolute Gasteiger partial charge is 0.427 e. The van der Waals surface area contributed by atoms with E-state index in [4.69, 9.17) is 16.0 Å². The van der Waals surface area contributed by atoms with Gasteiger partial charge in [-0.2, -0.15) is 0 Å². The summed E-state index contributed by atoms with van der Waals surface area (Å²) in [6.07, 6.45) is 1.58. The predicted molar refractivity (Wildman–Crippen MR) is 78.9 cm³/mol. The minimum absolute atomic E-state index is 0.284. The minimum Gasteiger partial charge on any atom is -0.427 e. The van der Waals surface area contributed by atoms with Crippen molar-refractivity contribution in [1.29, 1.82) is 0 Å². The standard InChI is InChI=1S/C16H17ClO2/c1-4-13-10(3)15(16(18)19-14(13)5-2)11-7-6-8-12(17)9-11/h6-9H,4-5H2,1-3H3. The van der Waals surface area contributed by atoms with Crippen molar-refractivity contribution in [2.24, 2.45) is 0 Å². The van der Waals surface area contributed by atoms with Crippen LogP contribution in [0.5, 0.6) is 0 Å². The molecular formula is C16H17ClO2. The summed E-state index contributed by atoms with van der Waals surface area (Å²) in [4.78, 5) is 12.2. The van der Waals surface area contributed by atoms with E-state index in [0.29, 0.717) is 10.6 Å². The number of hydrogen-bond donors (Lipinski definition) is 0. The Morgan fingerprint density at radius 1 is 1.21 bits per heavy atom. The Morgan fingerprint density at radius 2 is 1.95 bits per heavy atom. The highest BCUT2D eigenvalue weighted by atomic mass is 35.5. The van der Waals surface area contributed by atoms with Crippen LogP contribution in [0.3, 0.4) is 0 Å². The highest BCUT2D eigenvalue weighted by Gasteiger charge is 2.16. The molecule has 0 unspecified atom stereocenters. The van der Waals surface area contributed by atoms with Gasteiger partial charge in [0.05, 0.1) is 5.56 Å². The van der Waals surface area contributed by atoms with Crippen LogP contribution in [0.25, 0.3) is 11.1 Å². The summed E-state index contributed by atoms with van der Waals surface area (Å²) >= 11 is 6.00. The first-order chi connectivity index (χ1) is 9.08. The summed E-state index contributed by atoms with van der Waals surface area (Å²) in [5.74, 6) is 0.788. The van der Waals surface area contributed by atoms with Crippen LogP contribution >= 0.6 is 11.6 Å². The van der Waals surface area contributed by atoms with Crippen LogP contribution in [0.15, 0.2) is 33.5 Å². The molecule has 0 amide bonds. The Hall–Kier alpha value is -1.54. The van der Waals surface area contributed by atoms with Crippen LogP contribution in [0.4, 0.5) is 0 Å². The van der Waals surface area contributed by atoms with Crippen LogP contribution in [0.2, 0.25) is 5.02 Å². The Labute approximate surface area is 118 Å². The predicted octanol–water partition coefficient (Wildman–Crippen LogP) is 4.39. The molecule has 0 spiro atoms. The monoisotopic (exact) mass is 276 g/mol. The van der Waals surface area contributed by atoms with E-state index in [2.05, 4.69) is 6.92 Å². The molecule has 0 N–H and O–H groups in total. The summed E-state index contributed by atoms with van der Waals surface area (Å²) in [5.41, 5.74) is 3.27. The van der Waals surface area contributed by atoms with Gasteiger partial charge in [0.15, 0.2) is 0 Å². The molecule has 1 aromatic carbocycles. The summed E-state index contributed by atoms with van der Waals surface area (Å²) in [6.45, 7) is 6.05. The molecule has 3 heteroatoms. The van der Waals surface area contributed by atoms with Crippen molar-refractivity contribution < 1.29 is 4.42 Å². The molecule has 100 valence electrons. The third-order valence-corrected chi connectivity index (χ3v) is 3.61. The Balaban J connectivity index is 2.74. The maximum absolute atomic E-state index is 12.2. The van der Waals surface area contributed by atoms with Gasteiger partial charge in [0.25, 0.3) is 0 Å². The van der Waals surface area contributed by atoms with E-state index in [-0.39, 0.29) is 5.63 Å². The van der Waals surface area contributed by atoms with Gasteiger partial charge in [-0.05, 0) is 42.2 Å². The van der Waals surface area contributed by atoms with E-state index in [1.807, 2.05) is 26.0 Å². The molecule has 0 aliphatic carbocycles. The Bertz CT molecular complexity index is 656. The number of aryl methyl sites for hydroxylation is 1. The fourth-order valence-corrected chi connectivity index (χ4v) is 2.65. The lowest BCUT2D eigenvalue weighted by Crippen LogP contribution is -2.11. The smallest absolute Gasteiger partial charge is 0.344 e. The molecule has 0 atom stereocenters. The molecule has 0 aliphatic rings. The molecule has 0 aliphatic heterocycles. The van der Waals surface area contributed by atoms with Gasteiger partial charge >= 0.3 is 5.63 Å². The van der Waals surface area contributed by atoms with Gasteiger partial charge in [-0.25, -0.2) is 4.79 Å². The molecule has 0 saturated carbocycles. The first kappa shape index (κ1) is 13.9. The normalized spacial score (nSPS) is 10.7. The van der Waals surface area contributed by atoms with E-state index in [0.717, 1.165) is 35.3 Å². The van der Waals surface area contributed by atoms with Crippen LogP contribution in [-0.2, 0) is 12.8 Å². The van der Waals surface area contributed by atoms with Gasteiger partial charge in [-0.15, -0.1) is 0 Å².